The summed E-state index contributed by atoms with van der Waals surface area (Å²) < 4.78 is 0. The number of anilines is 1. The van der Waals surface area contributed by atoms with Crippen LogP contribution in [-0.2, 0) is 0 Å². The van der Waals surface area contributed by atoms with E-state index in [-0.39, 0.29) is 0 Å². The lowest BCUT2D eigenvalue weighted by molar-refractivity contribution is 0.112. The summed E-state index contributed by atoms with van der Waals surface area (Å²) >= 11 is 1.50. The number of thiophene rings is 1. The Kier molecular flexibility index (Phi) is 1.96. The van der Waals surface area contributed by atoms with Gasteiger partial charge in [-0.05, 0) is 6.07 Å². The minimum absolute atomic E-state index is 0.803. The molecular formula is C9H9NOS. The summed E-state index contributed by atoms with van der Waals surface area (Å²) in [5, 5.41) is 2.02. The molecule has 0 aromatic carbocycles. The fourth-order valence-electron chi connectivity index (χ4n) is 1.26. The highest BCUT2D eigenvalue weighted by atomic mass is 32.1. The van der Waals surface area contributed by atoms with Gasteiger partial charge in [-0.15, -0.1) is 11.3 Å². The van der Waals surface area contributed by atoms with E-state index in [2.05, 4.69) is 17.1 Å². The molecule has 3 heteroatoms. The summed E-state index contributed by atoms with van der Waals surface area (Å²) in [6, 6.07) is 1.94. The Labute approximate surface area is 75.1 Å². The number of hydrogen-bond donors (Lipinski definition) is 0. The van der Waals surface area contributed by atoms with Gasteiger partial charge in [0.25, 0.3) is 0 Å². The first-order valence-corrected chi connectivity index (χ1v) is 4.72. The van der Waals surface area contributed by atoms with Gasteiger partial charge in [0, 0.05) is 24.2 Å². The highest BCUT2D eigenvalue weighted by Gasteiger charge is 2.08. The Morgan fingerprint density at radius 3 is 2.75 bits per heavy atom. The van der Waals surface area contributed by atoms with E-state index in [1.54, 1.807) is 0 Å². The molecule has 0 N–H and O–H groups in total. The van der Waals surface area contributed by atoms with E-state index in [9.17, 15) is 4.79 Å². The van der Waals surface area contributed by atoms with Gasteiger partial charge in [0.05, 0.1) is 4.88 Å². The molecule has 0 unspecified atom stereocenters. The quantitative estimate of drug-likeness (QED) is 0.511. The highest BCUT2D eigenvalue weighted by Crippen LogP contribution is 2.23. The molecule has 0 amide bonds. The molecule has 0 saturated carbocycles. The van der Waals surface area contributed by atoms with Crippen molar-refractivity contribution in [1.29, 1.82) is 0 Å². The Balaban J connectivity index is 2.17. The second-order valence-electron chi connectivity index (χ2n) is 2.70. The first kappa shape index (κ1) is 7.55. The summed E-state index contributed by atoms with van der Waals surface area (Å²) in [7, 11) is 0. The summed E-state index contributed by atoms with van der Waals surface area (Å²) in [6.07, 6.45) is 5.17. The molecule has 0 spiro atoms. The molecule has 0 atom stereocenters. The van der Waals surface area contributed by atoms with Crippen molar-refractivity contribution in [2.24, 2.45) is 0 Å². The van der Waals surface area contributed by atoms with Crippen LogP contribution in [-0.4, -0.2) is 19.4 Å². The van der Waals surface area contributed by atoms with Gasteiger partial charge in [-0.1, -0.05) is 12.2 Å². The number of hydrogen-bond acceptors (Lipinski definition) is 3. The zero-order valence-corrected chi connectivity index (χ0v) is 7.38. The molecular weight excluding hydrogens is 170 g/mol. The number of aldehydes is 1. The third kappa shape index (κ3) is 1.28. The Bertz CT molecular complexity index is 308. The molecule has 1 aliphatic rings. The molecule has 1 aromatic rings. The van der Waals surface area contributed by atoms with E-state index in [1.165, 1.54) is 11.3 Å². The maximum atomic E-state index is 10.4. The van der Waals surface area contributed by atoms with Crippen LogP contribution in [0.15, 0.2) is 23.6 Å². The van der Waals surface area contributed by atoms with Crippen molar-refractivity contribution in [1.82, 2.24) is 0 Å². The van der Waals surface area contributed by atoms with Gasteiger partial charge in [0.2, 0.25) is 0 Å². The Morgan fingerprint density at radius 1 is 1.42 bits per heavy atom. The predicted molar refractivity (Wildman–Crippen MR) is 51.1 cm³/mol. The Hall–Kier alpha value is -1.09. The number of nitrogens with zero attached hydrogens (tertiary/aromatic N) is 1. The molecule has 0 fully saturated rings. The van der Waals surface area contributed by atoms with Gasteiger partial charge in [0.1, 0.15) is 0 Å². The van der Waals surface area contributed by atoms with Crippen LogP contribution in [0.1, 0.15) is 9.67 Å². The first-order chi connectivity index (χ1) is 5.90. The van der Waals surface area contributed by atoms with Crippen LogP contribution in [0.5, 0.6) is 0 Å². The molecule has 62 valence electrons. The van der Waals surface area contributed by atoms with Crippen molar-refractivity contribution in [3.8, 4) is 0 Å². The fourth-order valence-corrected chi connectivity index (χ4v) is 1.98. The van der Waals surface area contributed by atoms with Gasteiger partial charge < -0.3 is 4.90 Å². The van der Waals surface area contributed by atoms with Crippen molar-refractivity contribution in [2.45, 2.75) is 0 Å². The highest BCUT2D eigenvalue weighted by molar-refractivity contribution is 7.12. The molecule has 1 aliphatic heterocycles. The minimum atomic E-state index is 0.803. The zero-order valence-electron chi connectivity index (χ0n) is 6.56. The smallest absolute Gasteiger partial charge is 0.160 e. The van der Waals surface area contributed by atoms with E-state index in [4.69, 9.17) is 0 Å². The topological polar surface area (TPSA) is 20.3 Å². The maximum absolute atomic E-state index is 10.4. The first-order valence-electron chi connectivity index (χ1n) is 3.84. The maximum Gasteiger partial charge on any atom is 0.160 e. The van der Waals surface area contributed by atoms with E-state index >= 15 is 0 Å². The van der Waals surface area contributed by atoms with E-state index in [0.717, 1.165) is 29.9 Å². The third-order valence-electron chi connectivity index (χ3n) is 1.91. The predicted octanol–water partition coefficient (Wildman–Crippen LogP) is 1.94. The van der Waals surface area contributed by atoms with Crippen LogP contribution in [0.3, 0.4) is 0 Å². The van der Waals surface area contributed by atoms with E-state index < -0.39 is 0 Å². The van der Waals surface area contributed by atoms with Gasteiger partial charge in [-0.25, -0.2) is 0 Å². The second-order valence-corrected chi connectivity index (χ2v) is 3.64. The molecule has 2 rings (SSSR count). The zero-order chi connectivity index (χ0) is 8.39. The summed E-state index contributed by atoms with van der Waals surface area (Å²) in [6.45, 7) is 1.93. The van der Waals surface area contributed by atoms with Gasteiger partial charge in [-0.3, -0.25) is 4.79 Å². The van der Waals surface area contributed by atoms with Crippen molar-refractivity contribution in [3.05, 3.63) is 28.5 Å². The lowest BCUT2D eigenvalue weighted by Gasteiger charge is -2.14. The average molecular weight is 179 g/mol. The Morgan fingerprint density at radius 2 is 2.17 bits per heavy atom. The van der Waals surface area contributed by atoms with Gasteiger partial charge in [-0.2, -0.15) is 0 Å². The summed E-state index contributed by atoms with van der Waals surface area (Å²) in [5.41, 5.74) is 1.16. The van der Waals surface area contributed by atoms with Crippen LogP contribution in [0.2, 0.25) is 0 Å². The number of carbonyl (C=O) groups excluding carboxylic acids is 1. The molecule has 0 bridgehead atoms. The summed E-state index contributed by atoms with van der Waals surface area (Å²) in [4.78, 5) is 13.4. The van der Waals surface area contributed by atoms with Crippen molar-refractivity contribution in [3.63, 3.8) is 0 Å². The fraction of sp³-hybridized carbons (Fsp3) is 0.222. The molecule has 0 saturated heterocycles. The van der Waals surface area contributed by atoms with Crippen LogP contribution in [0.4, 0.5) is 5.69 Å². The third-order valence-corrected chi connectivity index (χ3v) is 2.75. The number of rotatable bonds is 2. The van der Waals surface area contributed by atoms with E-state index in [0.29, 0.717) is 0 Å². The van der Waals surface area contributed by atoms with Crippen molar-refractivity contribution < 1.29 is 4.79 Å². The number of carbonyl (C=O) groups is 1. The van der Waals surface area contributed by atoms with Gasteiger partial charge >= 0.3 is 0 Å². The lowest BCUT2D eigenvalue weighted by atomic mass is 10.4. The van der Waals surface area contributed by atoms with Crippen LogP contribution < -0.4 is 4.90 Å². The summed E-state index contributed by atoms with van der Waals surface area (Å²) in [5.74, 6) is 0. The molecule has 2 nitrogen and oxygen atoms in total. The van der Waals surface area contributed by atoms with Crippen LogP contribution >= 0.6 is 11.3 Å². The second kappa shape index (κ2) is 3.11. The molecule has 12 heavy (non-hydrogen) atoms. The minimum Gasteiger partial charge on any atom is -0.363 e. The molecule has 2 heterocycles. The monoisotopic (exact) mass is 179 g/mol. The lowest BCUT2D eigenvalue weighted by Crippen LogP contribution is -2.17. The van der Waals surface area contributed by atoms with Crippen molar-refractivity contribution in [2.75, 3.05) is 18.0 Å². The molecule has 0 aliphatic carbocycles. The molecule has 1 aromatic heterocycles. The average Bonchev–Trinajstić information content (AvgIpc) is 2.75. The molecule has 0 radical (unpaired) electrons. The van der Waals surface area contributed by atoms with E-state index in [1.807, 2.05) is 11.4 Å². The van der Waals surface area contributed by atoms with Crippen LogP contribution in [0.25, 0.3) is 0 Å². The van der Waals surface area contributed by atoms with Crippen LogP contribution in [0, 0.1) is 0 Å². The standard InChI is InChI=1S/C9H9NOS/c11-6-9-5-8(7-12-9)10-3-1-2-4-10/h1-2,5-7H,3-4H2. The SMILES string of the molecule is O=Cc1cc(N2CC=CC2)cs1. The van der Waals surface area contributed by atoms with Crippen molar-refractivity contribution >= 4 is 23.3 Å². The van der Waals surface area contributed by atoms with Gasteiger partial charge in [0.15, 0.2) is 6.29 Å². The normalized spacial score (nSPS) is 15.5. The largest absolute Gasteiger partial charge is 0.363 e.